The number of Topliss-reactive ketones (excluding diaryl/α,β-unsaturated/α-hetero) is 2. The maximum absolute atomic E-state index is 11.4. The standard InChI is InChI=1S/2C10H18O3.C2H5.Al/c2*1-6(2)10(7(3)4)8(11)5-9(12)13;1-2;/h2*6-7,10H,5H2,1-4H3,(H,12,13);1H2,2H3;/q;;;+2/p-2. The molecule has 0 heterocycles. The van der Waals surface area contributed by atoms with Gasteiger partial charge in [0.1, 0.15) is 11.6 Å². The van der Waals surface area contributed by atoms with Gasteiger partial charge in [0, 0.05) is 36.6 Å². The van der Waals surface area contributed by atoms with Crippen LogP contribution in [0.5, 0.6) is 0 Å². The average Bonchev–Trinajstić information content (AvgIpc) is 2.44. The second-order valence-corrected chi connectivity index (χ2v) is 9.28. The summed E-state index contributed by atoms with van der Waals surface area (Å²) in [4.78, 5) is 43.3. The Kier molecular flexibility index (Phi) is 19.8. The van der Waals surface area contributed by atoms with Crippen LogP contribution in [0.4, 0.5) is 0 Å². The zero-order valence-electron chi connectivity index (χ0n) is 19.6. The molecule has 0 fully saturated rings. The fourth-order valence-corrected chi connectivity index (χ4v) is 3.55. The summed E-state index contributed by atoms with van der Waals surface area (Å²) in [7, 11) is 0. The van der Waals surface area contributed by atoms with E-state index in [0.29, 0.717) is 0 Å². The van der Waals surface area contributed by atoms with E-state index in [1.54, 1.807) is 0 Å². The van der Waals surface area contributed by atoms with Crippen molar-refractivity contribution in [3.63, 3.8) is 0 Å². The Bertz CT molecular complexity index is 438. The summed E-state index contributed by atoms with van der Waals surface area (Å²) < 4.78 is 0. The Morgan fingerprint density at radius 3 is 0.897 bits per heavy atom. The molecule has 0 aliphatic rings. The van der Waals surface area contributed by atoms with Gasteiger partial charge in [-0.1, -0.05) is 55.4 Å². The van der Waals surface area contributed by atoms with Crippen molar-refractivity contribution in [1.82, 2.24) is 0 Å². The molecule has 7 heteroatoms. The topological polar surface area (TPSA) is 114 Å². The molecule has 0 aliphatic carbocycles. The number of carboxylic acid groups (broad SMARTS) is 2. The number of carbonyl (C=O) groups excluding carboxylic acids is 4. The molecule has 0 saturated carbocycles. The van der Waals surface area contributed by atoms with E-state index in [9.17, 15) is 29.4 Å². The van der Waals surface area contributed by atoms with Crippen LogP contribution in [0.1, 0.15) is 75.2 Å². The average molecular weight is 427 g/mol. The minimum atomic E-state index is -1.28. The first kappa shape index (κ1) is 32.5. The summed E-state index contributed by atoms with van der Waals surface area (Å²) in [6.07, 6.45) is -0.915. The first-order chi connectivity index (χ1) is 13.1. The molecular weight excluding hydrogens is 387 g/mol. The number of rotatable bonds is 10. The molecule has 0 radical (unpaired) electrons. The number of hydrogen-bond acceptors (Lipinski definition) is 6. The molecule has 6 nitrogen and oxygen atoms in total. The molecule has 29 heavy (non-hydrogen) atoms. The Hall–Kier alpha value is -1.19. The van der Waals surface area contributed by atoms with Crippen molar-refractivity contribution < 1.29 is 29.4 Å². The van der Waals surface area contributed by atoms with Gasteiger partial charge in [-0.2, -0.15) is 0 Å². The monoisotopic (exact) mass is 426 g/mol. The van der Waals surface area contributed by atoms with E-state index in [2.05, 4.69) is 23.2 Å². The predicted molar refractivity (Wildman–Crippen MR) is 112 cm³/mol. The quantitative estimate of drug-likeness (QED) is 0.389. The molecule has 0 saturated heterocycles. The van der Waals surface area contributed by atoms with Crippen molar-refractivity contribution in [3.8, 4) is 0 Å². The molecule has 0 spiro atoms. The van der Waals surface area contributed by atoms with E-state index < -0.39 is 24.8 Å². The molecule has 0 aromatic rings. The Labute approximate surface area is 185 Å². The van der Waals surface area contributed by atoms with Crippen LogP contribution in [0, 0.1) is 35.5 Å². The summed E-state index contributed by atoms with van der Waals surface area (Å²) in [6.45, 7) is 17.5. The van der Waals surface area contributed by atoms with Gasteiger partial charge in [0.25, 0.3) is 0 Å². The minimum absolute atomic E-state index is 0.169. The molecular formula is C22H39AlO6. The number of aliphatic carboxylic acids is 2. The van der Waals surface area contributed by atoms with Gasteiger partial charge in [-0.05, 0) is 23.7 Å². The van der Waals surface area contributed by atoms with Crippen molar-refractivity contribution in [2.24, 2.45) is 35.5 Å². The van der Waals surface area contributed by atoms with Gasteiger partial charge in [-0.3, -0.25) is 9.59 Å². The Morgan fingerprint density at radius 2 is 0.793 bits per heavy atom. The number of ketones is 2. The molecule has 0 unspecified atom stereocenters. The van der Waals surface area contributed by atoms with E-state index in [-0.39, 0.29) is 47.1 Å². The van der Waals surface area contributed by atoms with Crippen LogP contribution in [-0.2, 0) is 19.2 Å². The van der Waals surface area contributed by atoms with Gasteiger partial charge < -0.3 is 19.8 Å². The van der Waals surface area contributed by atoms with Crippen LogP contribution in [0.25, 0.3) is 0 Å². The van der Waals surface area contributed by atoms with Gasteiger partial charge in [0.05, 0.1) is 0 Å². The van der Waals surface area contributed by atoms with Crippen molar-refractivity contribution >= 4 is 39.8 Å². The van der Waals surface area contributed by atoms with Crippen molar-refractivity contribution in [2.75, 3.05) is 0 Å². The molecule has 0 aromatic heterocycles. The Morgan fingerprint density at radius 1 is 0.621 bits per heavy atom. The molecule has 0 atom stereocenters. The van der Waals surface area contributed by atoms with Gasteiger partial charge in [0.15, 0.2) is 0 Å². The van der Waals surface area contributed by atoms with Crippen molar-refractivity contribution in [1.29, 1.82) is 0 Å². The van der Waals surface area contributed by atoms with E-state index in [0.717, 1.165) is 0 Å². The zero-order chi connectivity index (χ0) is 23.9. The van der Waals surface area contributed by atoms with E-state index in [1.165, 1.54) is 5.28 Å². The predicted octanol–water partition coefficient (Wildman–Crippen LogP) is 1.84. The summed E-state index contributed by atoms with van der Waals surface area (Å²) in [5.41, 5.74) is 0. The molecule has 0 bridgehead atoms. The van der Waals surface area contributed by atoms with Crippen LogP contribution in [-0.4, -0.2) is 39.8 Å². The maximum atomic E-state index is 11.4. The molecule has 0 N–H and O–H groups in total. The SMILES string of the molecule is CC(C)C(C(=O)CC(=O)[O-])C(C)C.CC(C)C(C(=O)CC(=O)[O-])C(C)C.C[CH2][Al+2]. The van der Waals surface area contributed by atoms with Gasteiger partial charge in [-0.15, -0.1) is 0 Å². The third-order valence-electron chi connectivity index (χ3n) is 4.25. The van der Waals surface area contributed by atoms with Crippen LogP contribution in [0.2, 0.25) is 5.28 Å². The van der Waals surface area contributed by atoms with Crippen LogP contribution in [0.3, 0.4) is 0 Å². The van der Waals surface area contributed by atoms with Crippen LogP contribution in [0.15, 0.2) is 0 Å². The Balaban J connectivity index is -0.000000410. The van der Waals surface area contributed by atoms with E-state index in [1.807, 2.05) is 55.4 Å². The van der Waals surface area contributed by atoms with Crippen molar-refractivity contribution in [2.45, 2.75) is 80.4 Å². The second-order valence-electron chi connectivity index (χ2n) is 8.47. The summed E-state index contributed by atoms with van der Waals surface area (Å²) in [5.74, 6) is -2.59. The molecule has 166 valence electrons. The third kappa shape index (κ3) is 17.4. The molecule has 0 rings (SSSR count). The molecule has 0 amide bonds. The second kappa shape index (κ2) is 17.7. The first-order valence-corrected chi connectivity index (χ1v) is 11.1. The number of hydrogen-bond donors (Lipinski definition) is 0. The number of carbonyl (C=O) groups is 4. The fraction of sp³-hybridized carbons (Fsp3) is 0.818. The zero-order valence-corrected chi connectivity index (χ0v) is 20.8. The number of carboxylic acids is 2. The normalized spacial score (nSPS) is 10.8. The third-order valence-corrected chi connectivity index (χ3v) is 4.25. The summed E-state index contributed by atoms with van der Waals surface area (Å²) in [6, 6.07) is 0. The van der Waals surface area contributed by atoms with Gasteiger partial charge in [-0.25, -0.2) is 0 Å². The molecule has 0 aromatic carbocycles. The summed E-state index contributed by atoms with van der Waals surface area (Å²) >= 11 is 2.58. The first-order valence-electron chi connectivity index (χ1n) is 10.3. The van der Waals surface area contributed by atoms with Gasteiger partial charge in [0.2, 0.25) is 0 Å². The van der Waals surface area contributed by atoms with Gasteiger partial charge >= 0.3 is 28.5 Å². The van der Waals surface area contributed by atoms with E-state index >= 15 is 0 Å². The van der Waals surface area contributed by atoms with Crippen molar-refractivity contribution in [3.05, 3.63) is 0 Å². The van der Waals surface area contributed by atoms with Crippen LogP contribution >= 0.6 is 0 Å². The fourth-order valence-electron chi connectivity index (χ4n) is 3.55. The van der Waals surface area contributed by atoms with Crippen LogP contribution < -0.4 is 10.2 Å². The summed E-state index contributed by atoms with van der Waals surface area (Å²) in [5, 5.41) is 21.6. The molecule has 0 aliphatic heterocycles. The van der Waals surface area contributed by atoms with E-state index in [4.69, 9.17) is 0 Å².